The van der Waals surface area contributed by atoms with Crippen LogP contribution in [0.3, 0.4) is 0 Å². The Labute approximate surface area is 98.0 Å². The number of rotatable bonds is 3. The van der Waals surface area contributed by atoms with Gasteiger partial charge in [0.1, 0.15) is 12.1 Å². The maximum Gasteiger partial charge on any atom is 0.337 e. The number of methoxy groups -OCH3 is 1. The molecule has 0 radical (unpaired) electrons. The average molecular weight is 230 g/mol. The van der Waals surface area contributed by atoms with Crippen molar-refractivity contribution in [3.05, 3.63) is 48.4 Å². The summed E-state index contributed by atoms with van der Waals surface area (Å²) in [6.07, 6.45) is 2.99. The number of aromatic nitrogens is 2. The second kappa shape index (κ2) is 5.07. The van der Waals surface area contributed by atoms with E-state index in [1.807, 2.05) is 0 Å². The molecule has 0 fully saturated rings. The van der Waals surface area contributed by atoms with Crippen LogP contribution in [0.2, 0.25) is 0 Å². The summed E-state index contributed by atoms with van der Waals surface area (Å²) in [5, 5.41) is 0. The number of esters is 1. The van der Waals surface area contributed by atoms with Gasteiger partial charge in [0.05, 0.1) is 12.7 Å². The maximum atomic E-state index is 11.2. The number of carbonyl (C=O) groups excluding carboxylic acids is 1. The zero-order chi connectivity index (χ0) is 12.1. The first-order chi connectivity index (χ1) is 8.29. The van der Waals surface area contributed by atoms with E-state index in [-0.39, 0.29) is 5.97 Å². The highest BCUT2D eigenvalue weighted by atomic mass is 16.5. The molecule has 0 amide bonds. The van der Waals surface area contributed by atoms with Gasteiger partial charge in [-0.25, -0.2) is 14.8 Å². The van der Waals surface area contributed by atoms with Crippen LogP contribution in [-0.2, 0) is 4.74 Å². The smallest absolute Gasteiger partial charge is 0.337 e. The lowest BCUT2D eigenvalue weighted by molar-refractivity contribution is 0.0600. The highest BCUT2D eigenvalue weighted by Gasteiger charge is 2.05. The van der Waals surface area contributed by atoms with Gasteiger partial charge in [-0.2, -0.15) is 0 Å². The Morgan fingerprint density at radius 2 is 1.94 bits per heavy atom. The van der Waals surface area contributed by atoms with Gasteiger partial charge in [-0.15, -0.1) is 0 Å². The van der Waals surface area contributed by atoms with Crippen LogP contribution in [0.1, 0.15) is 10.4 Å². The minimum Gasteiger partial charge on any atom is -0.465 e. The lowest BCUT2D eigenvalue weighted by Crippen LogP contribution is -2.00. The molecule has 0 saturated carbocycles. The third-order valence-corrected chi connectivity index (χ3v) is 2.05. The van der Waals surface area contributed by atoms with Gasteiger partial charge in [-0.3, -0.25) is 0 Å². The van der Waals surface area contributed by atoms with Gasteiger partial charge in [-0.05, 0) is 24.3 Å². The van der Waals surface area contributed by atoms with Gasteiger partial charge < -0.3 is 9.47 Å². The minimum absolute atomic E-state index is 0.376. The second-order valence-corrected chi connectivity index (χ2v) is 3.17. The summed E-state index contributed by atoms with van der Waals surface area (Å²) in [5.74, 6) is 0.667. The summed E-state index contributed by atoms with van der Waals surface area (Å²) >= 11 is 0. The molecule has 2 rings (SSSR count). The van der Waals surface area contributed by atoms with Crippen molar-refractivity contribution in [1.29, 1.82) is 0 Å². The number of ether oxygens (including phenoxy) is 2. The number of benzene rings is 1. The lowest BCUT2D eigenvalue weighted by atomic mass is 10.2. The molecule has 0 spiro atoms. The van der Waals surface area contributed by atoms with Gasteiger partial charge in [-0.1, -0.05) is 0 Å². The zero-order valence-corrected chi connectivity index (χ0v) is 9.16. The summed E-state index contributed by atoms with van der Waals surface area (Å²) in [6.45, 7) is 0. The Hall–Kier alpha value is -2.43. The first-order valence-corrected chi connectivity index (χ1v) is 4.92. The Kier molecular flexibility index (Phi) is 3.30. The van der Waals surface area contributed by atoms with Gasteiger partial charge in [0.2, 0.25) is 5.88 Å². The van der Waals surface area contributed by atoms with Crippen LogP contribution in [0.5, 0.6) is 11.6 Å². The highest BCUT2D eigenvalue weighted by Crippen LogP contribution is 2.18. The monoisotopic (exact) mass is 230 g/mol. The Balaban J connectivity index is 2.11. The van der Waals surface area contributed by atoms with Crippen LogP contribution >= 0.6 is 0 Å². The van der Waals surface area contributed by atoms with Gasteiger partial charge in [0.25, 0.3) is 0 Å². The SMILES string of the molecule is COC(=O)c1ccc(Oc2ccncn2)cc1. The van der Waals surface area contributed by atoms with Crippen LogP contribution in [0.15, 0.2) is 42.9 Å². The molecule has 2 aromatic rings. The molecule has 5 nitrogen and oxygen atoms in total. The van der Waals surface area contributed by atoms with Crippen molar-refractivity contribution in [3.8, 4) is 11.6 Å². The predicted molar refractivity (Wildman–Crippen MR) is 59.9 cm³/mol. The molecule has 0 aliphatic rings. The summed E-state index contributed by atoms with van der Waals surface area (Å²) < 4.78 is 10.0. The van der Waals surface area contributed by atoms with Crippen LogP contribution < -0.4 is 4.74 Å². The van der Waals surface area contributed by atoms with Gasteiger partial charge in [0.15, 0.2) is 0 Å². The van der Waals surface area contributed by atoms with Gasteiger partial charge in [0, 0.05) is 12.3 Å². The fourth-order valence-corrected chi connectivity index (χ4v) is 1.24. The average Bonchev–Trinajstić information content (AvgIpc) is 2.40. The van der Waals surface area contributed by atoms with E-state index in [0.717, 1.165) is 0 Å². The molecule has 0 atom stereocenters. The molecule has 0 N–H and O–H groups in total. The normalized spacial score (nSPS) is 9.71. The second-order valence-electron chi connectivity index (χ2n) is 3.17. The van der Waals surface area contributed by atoms with Crippen LogP contribution in [0.4, 0.5) is 0 Å². The molecule has 17 heavy (non-hydrogen) atoms. The molecule has 86 valence electrons. The Bertz CT molecular complexity index is 497. The van der Waals surface area contributed by atoms with Gasteiger partial charge >= 0.3 is 5.97 Å². The molecule has 0 unspecified atom stereocenters. The van der Waals surface area contributed by atoms with E-state index >= 15 is 0 Å². The van der Waals surface area contributed by atoms with E-state index in [2.05, 4.69) is 14.7 Å². The van der Waals surface area contributed by atoms with Crippen molar-refractivity contribution in [1.82, 2.24) is 9.97 Å². The van der Waals surface area contributed by atoms with E-state index in [1.165, 1.54) is 13.4 Å². The third kappa shape index (κ3) is 2.78. The topological polar surface area (TPSA) is 61.3 Å². The van der Waals surface area contributed by atoms with Crippen molar-refractivity contribution in [3.63, 3.8) is 0 Å². The van der Waals surface area contributed by atoms with Crippen molar-refractivity contribution >= 4 is 5.97 Å². The van der Waals surface area contributed by atoms with Crippen LogP contribution in [0.25, 0.3) is 0 Å². The summed E-state index contributed by atoms with van der Waals surface area (Å²) in [5.41, 5.74) is 0.475. The number of carbonyl (C=O) groups is 1. The first-order valence-electron chi connectivity index (χ1n) is 4.92. The van der Waals surface area contributed by atoms with E-state index in [4.69, 9.17) is 4.74 Å². The van der Waals surface area contributed by atoms with Crippen molar-refractivity contribution < 1.29 is 14.3 Å². The molecule has 0 bridgehead atoms. The summed E-state index contributed by atoms with van der Waals surface area (Å²) in [7, 11) is 1.34. The van der Waals surface area contributed by atoms with E-state index < -0.39 is 0 Å². The molecule has 0 aliphatic heterocycles. The van der Waals surface area contributed by atoms with E-state index in [0.29, 0.717) is 17.2 Å². The van der Waals surface area contributed by atoms with Crippen molar-refractivity contribution in [2.45, 2.75) is 0 Å². The third-order valence-electron chi connectivity index (χ3n) is 2.05. The molecule has 1 aromatic carbocycles. The molecule has 5 heteroatoms. The number of nitrogens with zero attached hydrogens (tertiary/aromatic N) is 2. The Morgan fingerprint density at radius 1 is 1.18 bits per heavy atom. The van der Waals surface area contributed by atoms with Crippen molar-refractivity contribution in [2.24, 2.45) is 0 Å². The Morgan fingerprint density at radius 3 is 2.53 bits per heavy atom. The standard InChI is InChI=1S/C12H10N2O3/c1-16-12(15)9-2-4-10(5-3-9)17-11-6-7-13-8-14-11/h2-8H,1H3. The number of hydrogen-bond acceptors (Lipinski definition) is 5. The van der Waals surface area contributed by atoms with Crippen molar-refractivity contribution in [2.75, 3.05) is 7.11 Å². The van der Waals surface area contributed by atoms with Crippen LogP contribution in [-0.4, -0.2) is 23.0 Å². The van der Waals surface area contributed by atoms with E-state index in [1.54, 1.807) is 36.5 Å². The quantitative estimate of drug-likeness (QED) is 0.755. The first kappa shape index (κ1) is 11.1. The summed E-state index contributed by atoms with van der Waals surface area (Å²) in [4.78, 5) is 18.9. The molecule has 0 aliphatic carbocycles. The van der Waals surface area contributed by atoms with Crippen LogP contribution in [0, 0.1) is 0 Å². The molecular formula is C12H10N2O3. The van der Waals surface area contributed by atoms with E-state index in [9.17, 15) is 4.79 Å². The molecule has 1 aromatic heterocycles. The lowest BCUT2D eigenvalue weighted by Gasteiger charge is -2.04. The maximum absolute atomic E-state index is 11.2. The number of hydrogen-bond donors (Lipinski definition) is 0. The fourth-order valence-electron chi connectivity index (χ4n) is 1.24. The predicted octanol–water partition coefficient (Wildman–Crippen LogP) is 2.06. The minimum atomic E-state index is -0.376. The molecular weight excluding hydrogens is 220 g/mol. The largest absolute Gasteiger partial charge is 0.465 e. The fraction of sp³-hybridized carbons (Fsp3) is 0.0833. The highest BCUT2D eigenvalue weighted by molar-refractivity contribution is 5.89. The summed E-state index contributed by atoms with van der Waals surface area (Å²) in [6, 6.07) is 8.25. The zero-order valence-electron chi connectivity index (χ0n) is 9.16. The molecule has 1 heterocycles. The molecule has 0 saturated heterocycles.